The van der Waals surface area contributed by atoms with Gasteiger partial charge < -0.3 is 5.11 Å². The highest BCUT2D eigenvalue weighted by atomic mass is 16.3. The quantitative estimate of drug-likeness (QED) is 0.457. The molecule has 4 aliphatic rings. The van der Waals surface area contributed by atoms with Gasteiger partial charge >= 0.3 is 0 Å². The second-order valence-corrected chi connectivity index (χ2v) is 12.7. The van der Waals surface area contributed by atoms with Crippen molar-refractivity contribution in [3.63, 3.8) is 0 Å². The van der Waals surface area contributed by atoms with Crippen LogP contribution < -0.4 is 0 Å². The fourth-order valence-electron chi connectivity index (χ4n) is 8.82. The van der Waals surface area contributed by atoms with Crippen LogP contribution in [0.3, 0.4) is 0 Å². The molecule has 9 atom stereocenters. The molecular formula is C29H48O. The van der Waals surface area contributed by atoms with E-state index in [2.05, 4.69) is 54.2 Å². The predicted molar refractivity (Wildman–Crippen MR) is 128 cm³/mol. The number of aliphatic hydroxyl groups is 1. The standard InChI is InChI=1S/C29H48O/c1-18(2)19(3)8-9-20(4)23-12-13-25-22-10-11-24-21(5)27(30)15-17-29(24,7)26(22)14-16-28(23,25)6/h10,18,20-21,23-27,30H,3,8-9,11-17H2,1-2,4-7H3/t20-,21-,23+,24-,25-,26-,27-,28+,29-/m0/s1. The summed E-state index contributed by atoms with van der Waals surface area (Å²) in [7, 11) is 0. The SMILES string of the molecule is C=C(CC[C@H](C)[C@H]1CC[C@H]2C3=CC[C@H]4[C@H](C)[C@@H](O)CC[C@]4(C)[C@H]3CC[C@]12C)C(C)C. The molecule has 0 bridgehead atoms. The molecule has 3 saturated carbocycles. The van der Waals surface area contributed by atoms with Gasteiger partial charge in [0.15, 0.2) is 0 Å². The topological polar surface area (TPSA) is 20.2 Å². The minimum absolute atomic E-state index is 0.0795. The van der Waals surface area contributed by atoms with E-state index in [1.165, 1.54) is 56.9 Å². The second-order valence-electron chi connectivity index (χ2n) is 12.7. The molecule has 0 heterocycles. The monoisotopic (exact) mass is 412 g/mol. The average molecular weight is 413 g/mol. The van der Waals surface area contributed by atoms with Crippen molar-refractivity contribution in [3.05, 3.63) is 23.8 Å². The molecule has 170 valence electrons. The Hall–Kier alpha value is -0.560. The van der Waals surface area contributed by atoms with E-state index in [4.69, 9.17) is 0 Å². The van der Waals surface area contributed by atoms with E-state index >= 15 is 0 Å². The highest BCUT2D eigenvalue weighted by Crippen LogP contribution is 2.67. The van der Waals surface area contributed by atoms with Crippen LogP contribution in [-0.2, 0) is 0 Å². The predicted octanol–water partition coefficient (Wildman–Crippen LogP) is 7.80. The lowest BCUT2D eigenvalue weighted by molar-refractivity contribution is -0.0773. The molecule has 0 aliphatic heterocycles. The maximum absolute atomic E-state index is 10.5. The zero-order valence-corrected chi connectivity index (χ0v) is 20.7. The number of rotatable bonds is 5. The molecule has 0 aromatic carbocycles. The molecule has 0 aromatic heterocycles. The van der Waals surface area contributed by atoms with Crippen molar-refractivity contribution in [3.8, 4) is 0 Å². The Bertz CT molecular complexity index is 688. The first-order valence-electron chi connectivity index (χ1n) is 13.1. The number of hydrogen-bond donors (Lipinski definition) is 1. The molecular weight excluding hydrogens is 364 g/mol. The molecule has 0 spiro atoms. The largest absolute Gasteiger partial charge is 0.393 e. The first-order valence-corrected chi connectivity index (χ1v) is 13.1. The number of hydrogen-bond acceptors (Lipinski definition) is 1. The zero-order valence-electron chi connectivity index (χ0n) is 20.7. The van der Waals surface area contributed by atoms with Gasteiger partial charge in [0, 0.05) is 0 Å². The Kier molecular flexibility index (Phi) is 6.10. The van der Waals surface area contributed by atoms with Gasteiger partial charge in [-0.3, -0.25) is 0 Å². The van der Waals surface area contributed by atoms with Gasteiger partial charge in [-0.1, -0.05) is 65.3 Å². The first kappa shape index (κ1) is 22.6. The summed E-state index contributed by atoms with van der Waals surface area (Å²) >= 11 is 0. The third-order valence-corrected chi connectivity index (χ3v) is 11.1. The van der Waals surface area contributed by atoms with Crippen molar-refractivity contribution in [1.29, 1.82) is 0 Å². The van der Waals surface area contributed by atoms with Gasteiger partial charge in [0.2, 0.25) is 0 Å². The van der Waals surface area contributed by atoms with Gasteiger partial charge in [-0.2, -0.15) is 0 Å². The van der Waals surface area contributed by atoms with Crippen LogP contribution in [0, 0.1) is 52.3 Å². The van der Waals surface area contributed by atoms with E-state index in [1.807, 2.05) is 5.57 Å². The number of allylic oxidation sites excluding steroid dienone is 3. The fraction of sp³-hybridized carbons (Fsp3) is 0.862. The van der Waals surface area contributed by atoms with E-state index in [1.54, 1.807) is 0 Å². The summed E-state index contributed by atoms with van der Waals surface area (Å²) in [6.07, 6.45) is 14.2. The van der Waals surface area contributed by atoms with Gasteiger partial charge in [-0.25, -0.2) is 0 Å². The van der Waals surface area contributed by atoms with Crippen molar-refractivity contribution in [2.75, 3.05) is 0 Å². The van der Waals surface area contributed by atoms with E-state index in [0.29, 0.717) is 28.6 Å². The van der Waals surface area contributed by atoms with Crippen LogP contribution in [0.2, 0.25) is 0 Å². The molecule has 4 aliphatic carbocycles. The lowest BCUT2D eigenvalue weighted by Gasteiger charge is -2.59. The molecule has 0 unspecified atom stereocenters. The fourth-order valence-corrected chi connectivity index (χ4v) is 8.82. The van der Waals surface area contributed by atoms with E-state index in [9.17, 15) is 5.11 Å². The summed E-state index contributed by atoms with van der Waals surface area (Å²) in [5.41, 5.74) is 4.22. The molecule has 0 amide bonds. The molecule has 1 nitrogen and oxygen atoms in total. The smallest absolute Gasteiger partial charge is 0.0568 e. The Morgan fingerprint density at radius 2 is 1.73 bits per heavy atom. The van der Waals surface area contributed by atoms with Gasteiger partial charge in [-0.05, 0) is 110 Å². The Labute approximate surface area is 186 Å². The third kappa shape index (κ3) is 3.46. The summed E-state index contributed by atoms with van der Waals surface area (Å²) in [6, 6.07) is 0. The summed E-state index contributed by atoms with van der Waals surface area (Å²) in [4.78, 5) is 0. The van der Waals surface area contributed by atoms with Crippen molar-refractivity contribution in [1.82, 2.24) is 0 Å². The average Bonchev–Trinajstić information content (AvgIpc) is 3.06. The molecule has 1 N–H and O–H groups in total. The lowest BCUT2D eigenvalue weighted by Crippen LogP contribution is -2.52. The molecule has 4 rings (SSSR count). The van der Waals surface area contributed by atoms with Crippen LogP contribution >= 0.6 is 0 Å². The summed E-state index contributed by atoms with van der Waals surface area (Å²) in [5.74, 6) is 5.04. The highest BCUT2D eigenvalue weighted by Gasteiger charge is 2.59. The van der Waals surface area contributed by atoms with Crippen LogP contribution in [0.5, 0.6) is 0 Å². The first-order chi connectivity index (χ1) is 14.1. The number of fused-ring (bicyclic) bond motifs is 5. The van der Waals surface area contributed by atoms with Gasteiger partial charge in [0.05, 0.1) is 6.10 Å². The van der Waals surface area contributed by atoms with Crippen LogP contribution in [0.1, 0.15) is 99.3 Å². The zero-order chi connectivity index (χ0) is 21.8. The summed E-state index contributed by atoms with van der Waals surface area (Å²) in [5, 5.41) is 10.5. The van der Waals surface area contributed by atoms with Crippen molar-refractivity contribution >= 4 is 0 Å². The van der Waals surface area contributed by atoms with Crippen LogP contribution in [0.15, 0.2) is 23.8 Å². The Balaban J connectivity index is 1.52. The van der Waals surface area contributed by atoms with Crippen molar-refractivity contribution < 1.29 is 5.11 Å². The van der Waals surface area contributed by atoms with Crippen LogP contribution in [-0.4, -0.2) is 11.2 Å². The molecule has 0 radical (unpaired) electrons. The second kappa shape index (κ2) is 8.09. The molecule has 0 aromatic rings. The lowest BCUT2D eigenvalue weighted by atomic mass is 9.46. The molecule has 0 saturated heterocycles. The maximum Gasteiger partial charge on any atom is 0.0568 e. The van der Waals surface area contributed by atoms with Crippen LogP contribution in [0.4, 0.5) is 0 Å². The summed E-state index contributed by atoms with van der Waals surface area (Å²) < 4.78 is 0. The molecule has 30 heavy (non-hydrogen) atoms. The van der Waals surface area contributed by atoms with E-state index in [-0.39, 0.29) is 6.10 Å². The van der Waals surface area contributed by atoms with Crippen molar-refractivity contribution in [2.45, 2.75) is 105 Å². The normalized spacial score (nSPS) is 46.6. The van der Waals surface area contributed by atoms with Crippen LogP contribution in [0.25, 0.3) is 0 Å². The van der Waals surface area contributed by atoms with E-state index < -0.39 is 0 Å². The Morgan fingerprint density at radius 1 is 1.07 bits per heavy atom. The van der Waals surface area contributed by atoms with Gasteiger partial charge in [0.1, 0.15) is 0 Å². The number of aliphatic hydroxyl groups excluding tert-OH is 1. The maximum atomic E-state index is 10.5. The van der Waals surface area contributed by atoms with Gasteiger partial charge in [-0.15, -0.1) is 0 Å². The molecule has 1 heteroatoms. The molecule has 3 fully saturated rings. The minimum Gasteiger partial charge on any atom is -0.393 e. The third-order valence-electron chi connectivity index (χ3n) is 11.1. The highest BCUT2D eigenvalue weighted by molar-refractivity contribution is 5.28. The Morgan fingerprint density at radius 3 is 2.43 bits per heavy atom. The summed E-state index contributed by atoms with van der Waals surface area (Å²) in [6.45, 7) is 19.0. The van der Waals surface area contributed by atoms with Gasteiger partial charge in [0.25, 0.3) is 0 Å². The van der Waals surface area contributed by atoms with Crippen molar-refractivity contribution in [2.24, 2.45) is 52.3 Å². The minimum atomic E-state index is -0.0795. The van der Waals surface area contributed by atoms with E-state index in [0.717, 1.165) is 30.1 Å².